The highest BCUT2D eigenvalue weighted by Gasteiger charge is 2.21. The Labute approximate surface area is 193 Å². The molecule has 3 aromatic rings. The number of aromatic hydroxyl groups is 1. The third-order valence-corrected chi connectivity index (χ3v) is 5.68. The minimum absolute atomic E-state index is 0.0256. The number of pyridine rings is 1. The number of esters is 1. The summed E-state index contributed by atoms with van der Waals surface area (Å²) in [5.74, 6) is -0.599. The standard InChI is InChI=1S/C27H30FNO4/c1-6-33-24(31)14-18(4)26-22-15-20(30)8-9-21(22)25(19-7-10-23(28)17(3)13-19)27(29-26)16(2)11-12-32-5/h7-10,13-16,30H,6,11-12H2,1-5H3/b18-14+. The molecule has 1 heterocycles. The van der Waals surface area contributed by atoms with Crippen molar-refractivity contribution in [2.75, 3.05) is 20.3 Å². The van der Waals surface area contributed by atoms with Crippen molar-refractivity contribution in [1.82, 2.24) is 4.98 Å². The first-order valence-electron chi connectivity index (χ1n) is 11.0. The van der Waals surface area contributed by atoms with Crippen molar-refractivity contribution >= 4 is 22.3 Å². The van der Waals surface area contributed by atoms with E-state index in [9.17, 15) is 14.3 Å². The second-order valence-corrected chi connectivity index (χ2v) is 8.18. The van der Waals surface area contributed by atoms with Gasteiger partial charge in [-0.25, -0.2) is 9.18 Å². The van der Waals surface area contributed by atoms with E-state index in [0.29, 0.717) is 28.8 Å². The number of fused-ring (bicyclic) bond motifs is 1. The molecule has 33 heavy (non-hydrogen) atoms. The monoisotopic (exact) mass is 451 g/mol. The molecule has 1 atom stereocenters. The molecule has 1 N–H and O–H groups in total. The van der Waals surface area contributed by atoms with E-state index in [1.165, 1.54) is 12.1 Å². The second-order valence-electron chi connectivity index (χ2n) is 8.18. The van der Waals surface area contributed by atoms with Gasteiger partial charge in [-0.3, -0.25) is 4.98 Å². The second kappa shape index (κ2) is 10.6. The van der Waals surface area contributed by atoms with Crippen LogP contribution in [0, 0.1) is 12.7 Å². The average Bonchev–Trinajstić information content (AvgIpc) is 2.78. The minimum atomic E-state index is -0.447. The molecule has 2 aromatic carbocycles. The first kappa shape index (κ1) is 24.4. The van der Waals surface area contributed by atoms with Crippen LogP contribution in [0.3, 0.4) is 0 Å². The Morgan fingerprint density at radius 1 is 1.21 bits per heavy atom. The minimum Gasteiger partial charge on any atom is -0.508 e. The Balaban J connectivity index is 2.36. The van der Waals surface area contributed by atoms with Gasteiger partial charge in [0.1, 0.15) is 11.6 Å². The van der Waals surface area contributed by atoms with Gasteiger partial charge in [0.05, 0.1) is 18.0 Å². The maximum atomic E-state index is 14.0. The Bertz CT molecular complexity index is 1200. The lowest BCUT2D eigenvalue weighted by Gasteiger charge is -2.21. The van der Waals surface area contributed by atoms with Crippen LogP contribution in [-0.2, 0) is 14.3 Å². The lowest BCUT2D eigenvalue weighted by molar-refractivity contribution is -0.137. The highest BCUT2D eigenvalue weighted by molar-refractivity contribution is 6.04. The quantitative estimate of drug-likeness (QED) is 0.328. The van der Waals surface area contributed by atoms with Gasteiger partial charge < -0.3 is 14.6 Å². The van der Waals surface area contributed by atoms with Gasteiger partial charge in [-0.05, 0) is 79.6 Å². The number of benzene rings is 2. The van der Waals surface area contributed by atoms with Gasteiger partial charge in [0.15, 0.2) is 0 Å². The van der Waals surface area contributed by atoms with Crippen LogP contribution in [-0.4, -0.2) is 36.4 Å². The molecule has 3 rings (SSSR count). The molecule has 1 unspecified atom stereocenters. The maximum absolute atomic E-state index is 14.0. The summed E-state index contributed by atoms with van der Waals surface area (Å²) in [6.45, 7) is 8.19. The van der Waals surface area contributed by atoms with Crippen LogP contribution in [0.2, 0.25) is 0 Å². The Hall–Kier alpha value is -3.25. The van der Waals surface area contributed by atoms with Gasteiger partial charge in [0.2, 0.25) is 0 Å². The van der Waals surface area contributed by atoms with Crippen molar-refractivity contribution in [2.45, 2.75) is 40.0 Å². The molecule has 0 fully saturated rings. The summed E-state index contributed by atoms with van der Waals surface area (Å²) in [5, 5.41) is 11.8. The molecule has 5 nitrogen and oxygen atoms in total. The van der Waals surface area contributed by atoms with Crippen LogP contribution < -0.4 is 0 Å². The Morgan fingerprint density at radius 2 is 1.97 bits per heavy atom. The fourth-order valence-corrected chi connectivity index (χ4v) is 3.94. The maximum Gasteiger partial charge on any atom is 0.331 e. The van der Waals surface area contributed by atoms with Crippen molar-refractivity contribution in [3.05, 3.63) is 65.2 Å². The number of phenolic OH excluding ortho intramolecular Hbond substituents is 1. The number of methoxy groups -OCH3 is 1. The van der Waals surface area contributed by atoms with Crippen LogP contribution in [0.5, 0.6) is 5.75 Å². The fourth-order valence-electron chi connectivity index (χ4n) is 3.94. The molecule has 0 saturated heterocycles. The van der Waals surface area contributed by atoms with Gasteiger partial charge in [-0.1, -0.05) is 13.0 Å². The van der Waals surface area contributed by atoms with Crippen molar-refractivity contribution in [1.29, 1.82) is 0 Å². The summed E-state index contributed by atoms with van der Waals surface area (Å²) in [6, 6.07) is 10.1. The molecule has 174 valence electrons. The number of carbonyl (C=O) groups is 1. The number of aryl methyl sites for hydroxylation is 1. The molecule has 0 radical (unpaired) electrons. The number of hydrogen-bond acceptors (Lipinski definition) is 5. The van der Waals surface area contributed by atoms with E-state index in [0.717, 1.165) is 28.6 Å². The summed E-state index contributed by atoms with van der Waals surface area (Å²) in [5.41, 5.74) is 4.31. The van der Waals surface area contributed by atoms with Gasteiger partial charge in [0.25, 0.3) is 0 Å². The zero-order valence-corrected chi connectivity index (χ0v) is 19.7. The molecule has 1 aromatic heterocycles. The predicted molar refractivity (Wildman–Crippen MR) is 129 cm³/mol. The zero-order valence-electron chi connectivity index (χ0n) is 19.7. The highest BCUT2D eigenvalue weighted by atomic mass is 19.1. The number of rotatable bonds is 8. The lowest BCUT2D eigenvalue weighted by Crippen LogP contribution is -2.08. The van der Waals surface area contributed by atoms with E-state index in [-0.39, 0.29) is 24.1 Å². The fraction of sp³-hybridized carbons (Fsp3) is 0.333. The summed E-state index contributed by atoms with van der Waals surface area (Å²) < 4.78 is 24.4. The Kier molecular flexibility index (Phi) is 7.82. The van der Waals surface area contributed by atoms with E-state index in [1.54, 1.807) is 46.1 Å². The van der Waals surface area contributed by atoms with E-state index < -0.39 is 5.97 Å². The summed E-state index contributed by atoms with van der Waals surface area (Å²) in [4.78, 5) is 17.1. The van der Waals surface area contributed by atoms with E-state index in [4.69, 9.17) is 14.5 Å². The summed E-state index contributed by atoms with van der Waals surface area (Å²) >= 11 is 0. The van der Waals surface area contributed by atoms with Gasteiger partial charge in [-0.15, -0.1) is 0 Å². The molecule has 0 saturated carbocycles. The number of halogens is 1. The number of phenols is 1. The lowest BCUT2D eigenvalue weighted by atomic mass is 9.88. The highest BCUT2D eigenvalue weighted by Crippen LogP contribution is 2.40. The number of ether oxygens (including phenoxy) is 2. The number of carbonyl (C=O) groups excluding carboxylic acids is 1. The van der Waals surface area contributed by atoms with Gasteiger partial charge in [0, 0.05) is 36.7 Å². The summed E-state index contributed by atoms with van der Waals surface area (Å²) in [7, 11) is 1.66. The third-order valence-electron chi connectivity index (χ3n) is 5.68. The first-order valence-corrected chi connectivity index (χ1v) is 11.0. The number of nitrogens with zero attached hydrogens (tertiary/aromatic N) is 1. The smallest absolute Gasteiger partial charge is 0.331 e. The van der Waals surface area contributed by atoms with Crippen LogP contribution in [0.15, 0.2) is 42.5 Å². The molecule has 0 spiro atoms. The number of hydrogen-bond donors (Lipinski definition) is 1. The molecular formula is C27H30FNO4. The normalized spacial score (nSPS) is 12.7. The van der Waals surface area contributed by atoms with Gasteiger partial charge >= 0.3 is 5.97 Å². The van der Waals surface area contributed by atoms with E-state index >= 15 is 0 Å². The predicted octanol–water partition coefficient (Wildman–Crippen LogP) is 6.16. The number of aromatic nitrogens is 1. The SMILES string of the molecule is CCOC(=O)/C=C(\C)c1nc(C(C)CCOC)c(-c2ccc(F)c(C)c2)c2ccc(O)cc12. The van der Waals surface area contributed by atoms with Crippen LogP contribution >= 0.6 is 0 Å². The van der Waals surface area contributed by atoms with E-state index in [1.807, 2.05) is 12.1 Å². The van der Waals surface area contributed by atoms with Crippen molar-refractivity contribution in [3.63, 3.8) is 0 Å². The molecule has 6 heteroatoms. The van der Waals surface area contributed by atoms with Crippen molar-refractivity contribution in [2.24, 2.45) is 0 Å². The molecule has 0 aliphatic rings. The molecule has 0 aliphatic carbocycles. The van der Waals surface area contributed by atoms with Crippen LogP contribution in [0.1, 0.15) is 50.1 Å². The van der Waals surface area contributed by atoms with Crippen molar-refractivity contribution in [3.8, 4) is 16.9 Å². The molecule has 0 amide bonds. The summed E-state index contributed by atoms with van der Waals surface area (Å²) in [6.07, 6.45) is 2.15. The third kappa shape index (κ3) is 5.40. The van der Waals surface area contributed by atoms with E-state index in [2.05, 4.69) is 6.92 Å². The zero-order chi connectivity index (χ0) is 24.1. The molecular weight excluding hydrogens is 421 g/mol. The largest absolute Gasteiger partial charge is 0.508 e. The van der Waals surface area contributed by atoms with Crippen LogP contribution in [0.25, 0.3) is 27.5 Å². The number of allylic oxidation sites excluding steroid dienone is 1. The van der Waals surface area contributed by atoms with Crippen LogP contribution in [0.4, 0.5) is 4.39 Å². The average molecular weight is 452 g/mol. The first-order chi connectivity index (χ1) is 15.8. The van der Waals surface area contributed by atoms with Gasteiger partial charge in [-0.2, -0.15) is 0 Å². The Morgan fingerprint density at radius 3 is 2.64 bits per heavy atom. The molecule has 0 bridgehead atoms. The topological polar surface area (TPSA) is 68.7 Å². The van der Waals surface area contributed by atoms with Crippen molar-refractivity contribution < 1.29 is 23.8 Å². The molecule has 0 aliphatic heterocycles.